The first-order valence-corrected chi connectivity index (χ1v) is 3.66. The van der Waals surface area contributed by atoms with Gasteiger partial charge in [-0.1, -0.05) is 0 Å². The van der Waals surface area contributed by atoms with Gasteiger partial charge in [0.2, 0.25) is 0 Å². The zero-order chi connectivity index (χ0) is 8.39. The Morgan fingerprint density at radius 2 is 2.50 bits per heavy atom. The lowest BCUT2D eigenvalue weighted by Gasteiger charge is -2.18. The van der Waals surface area contributed by atoms with E-state index in [-0.39, 0.29) is 0 Å². The monoisotopic (exact) mass is 161 g/mol. The highest BCUT2D eigenvalue weighted by atomic mass is 16.5. The molecule has 0 unspecified atom stereocenters. The third-order valence-electron chi connectivity index (χ3n) is 1.69. The van der Waals surface area contributed by atoms with Gasteiger partial charge in [-0.05, 0) is 0 Å². The van der Waals surface area contributed by atoms with Crippen LogP contribution in [0.1, 0.15) is 5.56 Å². The van der Waals surface area contributed by atoms with Crippen LogP contribution in [0.2, 0.25) is 0 Å². The van der Waals surface area contributed by atoms with Gasteiger partial charge in [0, 0.05) is 12.7 Å². The maximum Gasteiger partial charge on any atom is 0.162 e. The minimum atomic E-state index is 0.534. The Morgan fingerprint density at radius 3 is 3.33 bits per heavy atom. The van der Waals surface area contributed by atoms with Gasteiger partial charge in [0.15, 0.2) is 5.75 Å². The van der Waals surface area contributed by atoms with Gasteiger partial charge in [-0.2, -0.15) is 5.26 Å². The van der Waals surface area contributed by atoms with Gasteiger partial charge in [-0.15, -0.1) is 0 Å². The van der Waals surface area contributed by atoms with Crippen molar-refractivity contribution in [3.8, 4) is 11.8 Å². The van der Waals surface area contributed by atoms with Gasteiger partial charge in [-0.3, -0.25) is 4.98 Å². The summed E-state index contributed by atoms with van der Waals surface area (Å²) in [7, 11) is 0. The summed E-state index contributed by atoms with van der Waals surface area (Å²) < 4.78 is 5.29. The second-order valence-corrected chi connectivity index (χ2v) is 2.45. The largest absolute Gasteiger partial charge is 0.488 e. The molecule has 0 aromatic carbocycles. The van der Waals surface area contributed by atoms with Crippen LogP contribution in [-0.2, 0) is 0 Å². The number of hydrogen-bond acceptors (Lipinski definition) is 4. The first-order chi connectivity index (χ1) is 5.92. The van der Waals surface area contributed by atoms with E-state index in [9.17, 15) is 0 Å². The van der Waals surface area contributed by atoms with Gasteiger partial charge in [0.05, 0.1) is 17.4 Å². The average Bonchev–Trinajstić information content (AvgIpc) is 2.17. The predicted octanol–water partition coefficient (Wildman–Crippen LogP) is 0.758. The average molecular weight is 161 g/mol. The van der Waals surface area contributed by atoms with E-state index in [1.165, 1.54) is 6.20 Å². The zero-order valence-electron chi connectivity index (χ0n) is 6.37. The molecule has 2 rings (SSSR count). The zero-order valence-corrected chi connectivity index (χ0v) is 6.37. The highest BCUT2D eigenvalue weighted by Gasteiger charge is 2.13. The molecular formula is C8H7N3O. The smallest absolute Gasteiger partial charge is 0.162 e. The molecule has 4 heteroatoms. The Morgan fingerprint density at radius 1 is 1.58 bits per heavy atom. The summed E-state index contributed by atoms with van der Waals surface area (Å²) in [5, 5.41) is 11.8. The number of nitrogens with zero attached hydrogens (tertiary/aromatic N) is 2. The number of pyridine rings is 1. The Hall–Kier alpha value is -1.76. The molecule has 0 bridgehead atoms. The summed E-state index contributed by atoms with van der Waals surface area (Å²) in [6.45, 7) is 1.37. The Balaban J connectivity index is 2.53. The van der Waals surface area contributed by atoms with E-state index in [2.05, 4.69) is 16.4 Å². The van der Waals surface area contributed by atoms with Crippen molar-refractivity contribution >= 4 is 5.69 Å². The summed E-state index contributed by atoms with van der Waals surface area (Å²) in [6, 6.07) is 2.05. The van der Waals surface area contributed by atoms with E-state index in [4.69, 9.17) is 10.00 Å². The molecule has 0 saturated heterocycles. The van der Waals surface area contributed by atoms with Crippen molar-refractivity contribution in [1.82, 2.24) is 4.98 Å². The van der Waals surface area contributed by atoms with Crippen LogP contribution in [-0.4, -0.2) is 18.1 Å². The fourth-order valence-corrected chi connectivity index (χ4v) is 1.15. The Kier molecular flexibility index (Phi) is 1.56. The fraction of sp³-hybridized carbons (Fsp3) is 0.250. The van der Waals surface area contributed by atoms with E-state index in [1.807, 2.05) is 0 Å². The first kappa shape index (κ1) is 6.92. The van der Waals surface area contributed by atoms with Crippen molar-refractivity contribution in [3.05, 3.63) is 18.0 Å². The molecule has 2 heterocycles. The molecule has 12 heavy (non-hydrogen) atoms. The van der Waals surface area contributed by atoms with E-state index in [0.717, 1.165) is 12.2 Å². The van der Waals surface area contributed by atoms with Gasteiger partial charge in [-0.25, -0.2) is 0 Å². The summed E-state index contributed by atoms with van der Waals surface area (Å²) in [5.41, 5.74) is 1.30. The van der Waals surface area contributed by atoms with Crippen molar-refractivity contribution in [3.63, 3.8) is 0 Å². The number of rotatable bonds is 0. The second-order valence-electron chi connectivity index (χ2n) is 2.45. The molecule has 0 amide bonds. The topological polar surface area (TPSA) is 57.9 Å². The predicted molar refractivity (Wildman–Crippen MR) is 42.9 cm³/mol. The standard InChI is InChI=1S/C8H7N3O/c9-3-6-4-10-5-7-8(6)11-1-2-12-7/h4-5,11H,1-2H2. The lowest BCUT2D eigenvalue weighted by atomic mass is 10.2. The highest BCUT2D eigenvalue weighted by molar-refractivity contribution is 5.65. The summed E-state index contributed by atoms with van der Waals surface area (Å²) in [5.74, 6) is 0.667. The van der Waals surface area contributed by atoms with Crippen LogP contribution in [0, 0.1) is 11.3 Å². The van der Waals surface area contributed by atoms with Crippen molar-refractivity contribution in [2.45, 2.75) is 0 Å². The maximum atomic E-state index is 8.71. The molecule has 1 aliphatic rings. The van der Waals surface area contributed by atoms with E-state index < -0.39 is 0 Å². The van der Waals surface area contributed by atoms with E-state index >= 15 is 0 Å². The SMILES string of the molecule is N#Cc1cncc2c1NCCO2. The van der Waals surface area contributed by atoms with Crippen molar-refractivity contribution in [2.75, 3.05) is 18.5 Å². The van der Waals surface area contributed by atoms with Gasteiger partial charge in [0.25, 0.3) is 0 Å². The molecule has 1 aromatic rings. The van der Waals surface area contributed by atoms with Gasteiger partial charge in [0.1, 0.15) is 12.7 Å². The molecule has 1 N–H and O–H groups in total. The van der Waals surface area contributed by atoms with Crippen LogP contribution in [0.15, 0.2) is 12.4 Å². The fourth-order valence-electron chi connectivity index (χ4n) is 1.15. The third-order valence-corrected chi connectivity index (χ3v) is 1.69. The molecule has 0 fully saturated rings. The highest BCUT2D eigenvalue weighted by Crippen LogP contribution is 2.28. The second kappa shape index (κ2) is 2.70. The molecule has 0 aliphatic carbocycles. The minimum Gasteiger partial charge on any atom is -0.488 e. The number of aromatic nitrogens is 1. The molecule has 0 spiro atoms. The van der Waals surface area contributed by atoms with Crippen LogP contribution in [0.5, 0.6) is 5.75 Å². The summed E-state index contributed by atoms with van der Waals surface area (Å²) >= 11 is 0. The Bertz CT molecular complexity index is 343. The maximum absolute atomic E-state index is 8.71. The van der Waals surface area contributed by atoms with Crippen LogP contribution in [0.3, 0.4) is 0 Å². The lowest BCUT2D eigenvalue weighted by Crippen LogP contribution is -2.19. The molecule has 0 saturated carbocycles. The van der Waals surface area contributed by atoms with Crippen LogP contribution in [0.25, 0.3) is 0 Å². The Labute approximate surface area is 69.8 Å². The molecule has 4 nitrogen and oxygen atoms in total. The van der Waals surface area contributed by atoms with Crippen molar-refractivity contribution in [1.29, 1.82) is 5.26 Å². The third kappa shape index (κ3) is 0.957. The summed E-state index contributed by atoms with van der Waals surface area (Å²) in [6.07, 6.45) is 3.14. The molecule has 0 atom stereocenters. The van der Waals surface area contributed by atoms with Crippen molar-refractivity contribution < 1.29 is 4.74 Å². The minimum absolute atomic E-state index is 0.534. The molecule has 1 aromatic heterocycles. The number of hydrogen-bond donors (Lipinski definition) is 1. The number of nitrogens with one attached hydrogen (secondary N) is 1. The molecular weight excluding hydrogens is 154 g/mol. The number of nitriles is 1. The lowest BCUT2D eigenvalue weighted by molar-refractivity contribution is 0.322. The quantitative estimate of drug-likeness (QED) is 0.610. The molecule has 1 aliphatic heterocycles. The van der Waals surface area contributed by atoms with Gasteiger partial charge >= 0.3 is 0 Å². The molecule has 60 valence electrons. The normalized spacial score (nSPS) is 13.6. The van der Waals surface area contributed by atoms with Crippen LogP contribution in [0.4, 0.5) is 5.69 Å². The van der Waals surface area contributed by atoms with E-state index in [1.54, 1.807) is 6.20 Å². The number of ether oxygens (including phenoxy) is 1. The van der Waals surface area contributed by atoms with Gasteiger partial charge < -0.3 is 10.1 Å². The van der Waals surface area contributed by atoms with Crippen LogP contribution < -0.4 is 10.1 Å². The van der Waals surface area contributed by atoms with Crippen LogP contribution >= 0.6 is 0 Å². The first-order valence-electron chi connectivity index (χ1n) is 3.66. The number of anilines is 1. The van der Waals surface area contributed by atoms with Crippen molar-refractivity contribution in [2.24, 2.45) is 0 Å². The molecule has 0 radical (unpaired) electrons. The summed E-state index contributed by atoms with van der Waals surface area (Å²) in [4.78, 5) is 3.88. The number of fused-ring (bicyclic) bond motifs is 1. The van der Waals surface area contributed by atoms with E-state index in [0.29, 0.717) is 17.9 Å².